The molecule has 0 aromatic carbocycles. The Morgan fingerprint density at radius 1 is 1.23 bits per heavy atom. The van der Waals surface area contributed by atoms with Gasteiger partial charge >= 0.3 is 0 Å². The van der Waals surface area contributed by atoms with E-state index in [1.807, 2.05) is 0 Å². The molecule has 1 aromatic heterocycles. The second-order valence-corrected chi connectivity index (χ2v) is 7.11. The molecule has 0 bridgehead atoms. The minimum atomic E-state index is -0.123. The lowest BCUT2D eigenvalue weighted by atomic mass is 9.96. The third-order valence-electron chi connectivity index (χ3n) is 5.24. The highest BCUT2D eigenvalue weighted by Crippen LogP contribution is 2.20. The Morgan fingerprint density at radius 3 is 2.81 bits per heavy atom. The summed E-state index contributed by atoms with van der Waals surface area (Å²) in [5, 5.41) is 3.18. The number of aromatic nitrogens is 1. The van der Waals surface area contributed by atoms with E-state index in [0.717, 1.165) is 45.5 Å². The van der Waals surface area contributed by atoms with E-state index in [2.05, 4.69) is 15.2 Å². The smallest absolute Gasteiger partial charge is 0.253 e. The lowest BCUT2D eigenvalue weighted by Crippen LogP contribution is -2.48. The van der Waals surface area contributed by atoms with Gasteiger partial charge in [0.25, 0.3) is 5.91 Å². The highest BCUT2D eigenvalue weighted by atomic mass is 16.5. The Morgan fingerprint density at radius 2 is 2.04 bits per heavy atom. The number of hydrogen-bond donors (Lipinski definition) is 1. The van der Waals surface area contributed by atoms with Crippen LogP contribution in [-0.2, 0) is 9.53 Å². The second-order valence-electron chi connectivity index (χ2n) is 7.11. The van der Waals surface area contributed by atoms with E-state index < -0.39 is 0 Å². The van der Waals surface area contributed by atoms with Gasteiger partial charge in [-0.15, -0.1) is 0 Å². The maximum absolute atomic E-state index is 12.7. The molecule has 2 fully saturated rings. The van der Waals surface area contributed by atoms with Crippen molar-refractivity contribution in [2.45, 2.75) is 25.3 Å². The molecule has 0 saturated carbocycles. The first-order valence-electron chi connectivity index (χ1n) is 9.38. The van der Waals surface area contributed by atoms with Gasteiger partial charge in [-0.25, -0.2) is 0 Å². The lowest BCUT2D eigenvalue weighted by molar-refractivity contribution is -0.127. The van der Waals surface area contributed by atoms with Crippen LogP contribution in [0.2, 0.25) is 0 Å². The summed E-state index contributed by atoms with van der Waals surface area (Å²) in [4.78, 5) is 33.3. The molecule has 2 unspecified atom stereocenters. The Bertz CT molecular complexity index is 610. The SMILES string of the molecule is COCCN1CCC(NC(=O)C2CCCN(C(=O)c3ccncc3)C2)C1. The molecule has 0 spiro atoms. The fourth-order valence-electron chi connectivity index (χ4n) is 3.75. The Labute approximate surface area is 154 Å². The molecule has 2 atom stereocenters. The van der Waals surface area contributed by atoms with Crippen molar-refractivity contribution >= 4 is 11.8 Å². The van der Waals surface area contributed by atoms with Crippen LogP contribution >= 0.6 is 0 Å². The van der Waals surface area contributed by atoms with E-state index in [4.69, 9.17) is 4.74 Å². The van der Waals surface area contributed by atoms with Crippen molar-refractivity contribution in [3.63, 3.8) is 0 Å². The number of hydrogen-bond acceptors (Lipinski definition) is 5. The predicted octanol–water partition coefficient (Wildman–Crippen LogP) is 0.771. The number of carbonyl (C=O) groups is 2. The highest BCUT2D eigenvalue weighted by molar-refractivity contribution is 5.94. The van der Waals surface area contributed by atoms with Crippen LogP contribution in [0.5, 0.6) is 0 Å². The first-order valence-corrected chi connectivity index (χ1v) is 9.38. The topological polar surface area (TPSA) is 74.8 Å². The number of methoxy groups -OCH3 is 1. The van der Waals surface area contributed by atoms with E-state index >= 15 is 0 Å². The monoisotopic (exact) mass is 360 g/mol. The molecule has 3 heterocycles. The summed E-state index contributed by atoms with van der Waals surface area (Å²) < 4.78 is 5.12. The van der Waals surface area contributed by atoms with Crippen LogP contribution in [0.4, 0.5) is 0 Å². The summed E-state index contributed by atoms with van der Waals surface area (Å²) >= 11 is 0. The van der Waals surface area contributed by atoms with Gasteiger partial charge < -0.3 is 15.0 Å². The number of carbonyl (C=O) groups excluding carboxylic acids is 2. The largest absolute Gasteiger partial charge is 0.383 e. The molecule has 26 heavy (non-hydrogen) atoms. The normalized spacial score (nSPS) is 23.8. The number of nitrogens with one attached hydrogen (secondary N) is 1. The third kappa shape index (κ3) is 4.80. The quantitative estimate of drug-likeness (QED) is 0.811. The summed E-state index contributed by atoms with van der Waals surface area (Å²) in [6, 6.07) is 3.64. The van der Waals surface area contributed by atoms with Gasteiger partial charge in [0.15, 0.2) is 0 Å². The highest BCUT2D eigenvalue weighted by Gasteiger charge is 2.31. The van der Waals surface area contributed by atoms with Gasteiger partial charge in [0.1, 0.15) is 0 Å². The molecule has 2 aliphatic heterocycles. The molecule has 2 amide bonds. The fraction of sp³-hybridized carbons (Fsp3) is 0.632. The molecule has 142 valence electrons. The Kier molecular flexibility index (Phi) is 6.57. The summed E-state index contributed by atoms with van der Waals surface area (Å²) in [5.74, 6) is -0.0603. The molecule has 7 heteroatoms. The summed E-state index contributed by atoms with van der Waals surface area (Å²) in [6.45, 7) is 4.69. The molecule has 2 saturated heterocycles. The Balaban J connectivity index is 1.50. The van der Waals surface area contributed by atoms with E-state index in [9.17, 15) is 9.59 Å². The third-order valence-corrected chi connectivity index (χ3v) is 5.24. The van der Waals surface area contributed by atoms with Crippen LogP contribution in [0, 0.1) is 5.92 Å². The molecule has 0 radical (unpaired) electrons. The van der Waals surface area contributed by atoms with Crippen LogP contribution in [0.1, 0.15) is 29.6 Å². The van der Waals surface area contributed by atoms with Crippen LogP contribution in [0.3, 0.4) is 0 Å². The Hall–Kier alpha value is -1.99. The van der Waals surface area contributed by atoms with Crippen LogP contribution in [0.25, 0.3) is 0 Å². The molecule has 0 aliphatic carbocycles. The van der Waals surface area contributed by atoms with Gasteiger partial charge in [-0.1, -0.05) is 0 Å². The van der Waals surface area contributed by atoms with Gasteiger partial charge in [0.05, 0.1) is 12.5 Å². The number of pyridine rings is 1. The molecule has 1 aromatic rings. The van der Waals surface area contributed by atoms with Gasteiger partial charge in [-0.3, -0.25) is 19.5 Å². The average molecular weight is 360 g/mol. The molecule has 2 aliphatic rings. The van der Waals surface area contributed by atoms with Gasteiger partial charge in [0, 0.05) is 63.8 Å². The number of ether oxygens (including phenoxy) is 1. The number of amides is 2. The first-order chi connectivity index (χ1) is 12.7. The molecular weight excluding hydrogens is 332 g/mol. The van der Waals surface area contributed by atoms with Crippen molar-refractivity contribution in [2.24, 2.45) is 5.92 Å². The standard InChI is InChI=1S/C19H28N4O3/c1-26-12-11-22-10-6-17(14-22)21-18(24)16-3-2-9-23(13-16)19(25)15-4-7-20-8-5-15/h4-5,7-8,16-17H,2-3,6,9-14H2,1H3,(H,21,24). The zero-order valence-electron chi connectivity index (χ0n) is 15.4. The maximum atomic E-state index is 12.7. The predicted molar refractivity (Wildman–Crippen MR) is 97.7 cm³/mol. The molecular formula is C19H28N4O3. The van der Waals surface area contributed by atoms with Gasteiger partial charge in [0.2, 0.25) is 5.91 Å². The minimum Gasteiger partial charge on any atom is -0.383 e. The summed E-state index contributed by atoms with van der Waals surface area (Å²) in [5.41, 5.74) is 0.630. The van der Waals surface area contributed by atoms with Crippen molar-refractivity contribution in [2.75, 3.05) is 46.4 Å². The van der Waals surface area contributed by atoms with Crippen LogP contribution in [-0.4, -0.2) is 79.1 Å². The summed E-state index contributed by atoms with van der Waals surface area (Å²) in [6.07, 6.45) is 5.92. The number of likely N-dealkylation sites (tertiary alicyclic amines) is 2. The average Bonchev–Trinajstić information content (AvgIpc) is 3.13. The fourth-order valence-corrected chi connectivity index (χ4v) is 3.75. The van der Waals surface area contributed by atoms with Crippen molar-refractivity contribution in [3.05, 3.63) is 30.1 Å². The summed E-state index contributed by atoms with van der Waals surface area (Å²) in [7, 11) is 1.71. The zero-order chi connectivity index (χ0) is 18.4. The van der Waals surface area contributed by atoms with Gasteiger partial charge in [-0.2, -0.15) is 0 Å². The zero-order valence-corrected chi connectivity index (χ0v) is 15.4. The molecule has 1 N–H and O–H groups in total. The molecule has 3 rings (SSSR count). The minimum absolute atomic E-state index is 0.0171. The van der Waals surface area contributed by atoms with E-state index in [-0.39, 0.29) is 23.8 Å². The number of nitrogens with zero attached hydrogens (tertiary/aromatic N) is 3. The van der Waals surface area contributed by atoms with E-state index in [1.165, 1.54) is 0 Å². The van der Waals surface area contributed by atoms with Crippen molar-refractivity contribution in [1.82, 2.24) is 20.1 Å². The maximum Gasteiger partial charge on any atom is 0.253 e. The van der Waals surface area contributed by atoms with Crippen LogP contribution < -0.4 is 5.32 Å². The van der Waals surface area contributed by atoms with Crippen molar-refractivity contribution in [1.29, 1.82) is 0 Å². The first kappa shape index (κ1) is 18.8. The molecule has 7 nitrogen and oxygen atoms in total. The van der Waals surface area contributed by atoms with E-state index in [0.29, 0.717) is 18.7 Å². The van der Waals surface area contributed by atoms with Crippen molar-refractivity contribution < 1.29 is 14.3 Å². The van der Waals surface area contributed by atoms with Crippen molar-refractivity contribution in [3.8, 4) is 0 Å². The number of piperidine rings is 1. The van der Waals surface area contributed by atoms with Crippen LogP contribution in [0.15, 0.2) is 24.5 Å². The van der Waals surface area contributed by atoms with Gasteiger partial charge in [-0.05, 0) is 31.4 Å². The lowest BCUT2D eigenvalue weighted by Gasteiger charge is -2.32. The second kappa shape index (κ2) is 9.09. The number of rotatable bonds is 6. The van der Waals surface area contributed by atoms with E-state index in [1.54, 1.807) is 36.5 Å².